The second-order valence-corrected chi connectivity index (χ2v) is 4.30. The van der Waals surface area contributed by atoms with Crippen molar-refractivity contribution >= 4 is 0 Å². The second-order valence-electron chi connectivity index (χ2n) is 4.30. The van der Waals surface area contributed by atoms with Gasteiger partial charge < -0.3 is 14.8 Å². The zero-order valence-electron chi connectivity index (χ0n) is 10.5. The number of ether oxygens (including phenoxy) is 2. The number of aromatic nitrogens is 1. The molecule has 0 amide bonds. The van der Waals surface area contributed by atoms with Crippen LogP contribution in [0.15, 0.2) is 18.3 Å². The van der Waals surface area contributed by atoms with Crippen molar-refractivity contribution < 1.29 is 9.47 Å². The Morgan fingerprint density at radius 3 is 3.00 bits per heavy atom. The van der Waals surface area contributed by atoms with Gasteiger partial charge in [0.25, 0.3) is 0 Å². The van der Waals surface area contributed by atoms with Gasteiger partial charge in [-0.3, -0.25) is 0 Å². The SMILES string of the molecule is CCOC1CC(NCc2cccnc2OC)C1. The number of nitrogens with one attached hydrogen (secondary N) is 1. The highest BCUT2D eigenvalue weighted by molar-refractivity contribution is 5.25. The molecule has 1 aromatic rings. The van der Waals surface area contributed by atoms with Crippen molar-refractivity contribution in [1.82, 2.24) is 10.3 Å². The van der Waals surface area contributed by atoms with E-state index in [0.29, 0.717) is 18.0 Å². The molecule has 0 atom stereocenters. The highest BCUT2D eigenvalue weighted by atomic mass is 16.5. The van der Waals surface area contributed by atoms with E-state index in [4.69, 9.17) is 9.47 Å². The lowest BCUT2D eigenvalue weighted by atomic mass is 9.89. The standard InChI is InChI=1S/C13H20N2O2/c1-3-17-12-7-11(8-12)15-9-10-5-4-6-14-13(10)16-2/h4-6,11-12,15H,3,7-9H2,1-2H3. The van der Waals surface area contributed by atoms with Crippen LogP contribution < -0.4 is 10.1 Å². The molecule has 4 heteroatoms. The molecule has 0 bridgehead atoms. The molecule has 1 fully saturated rings. The van der Waals surface area contributed by atoms with Crippen LogP contribution in [-0.4, -0.2) is 30.8 Å². The average Bonchev–Trinajstić information content (AvgIpc) is 2.32. The fraction of sp³-hybridized carbons (Fsp3) is 0.615. The van der Waals surface area contributed by atoms with Gasteiger partial charge in [0.1, 0.15) is 0 Å². The number of hydrogen-bond acceptors (Lipinski definition) is 4. The van der Waals surface area contributed by atoms with Crippen LogP contribution in [0, 0.1) is 0 Å². The van der Waals surface area contributed by atoms with Gasteiger partial charge in [-0.2, -0.15) is 0 Å². The molecule has 1 aliphatic rings. The maximum atomic E-state index is 5.53. The van der Waals surface area contributed by atoms with Crippen LogP contribution in [0.2, 0.25) is 0 Å². The molecule has 1 N–H and O–H groups in total. The van der Waals surface area contributed by atoms with Crippen LogP contribution >= 0.6 is 0 Å². The number of hydrogen-bond donors (Lipinski definition) is 1. The zero-order valence-corrected chi connectivity index (χ0v) is 10.5. The molecule has 17 heavy (non-hydrogen) atoms. The molecule has 0 unspecified atom stereocenters. The zero-order chi connectivity index (χ0) is 12.1. The van der Waals surface area contributed by atoms with Crippen LogP contribution in [0.1, 0.15) is 25.3 Å². The van der Waals surface area contributed by atoms with Gasteiger partial charge in [-0.1, -0.05) is 6.07 Å². The molecule has 1 heterocycles. The van der Waals surface area contributed by atoms with Crippen molar-refractivity contribution in [2.24, 2.45) is 0 Å². The van der Waals surface area contributed by atoms with E-state index in [1.807, 2.05) is 19.1 Å². The second kappa shape index (κ2) is 5.98. The first-order valence-corrected chi connectivity index (χ1v) is 6.16. The molecular formula is C13H20N2O2. The summed E-state index contributed by atoms with van der Waals surface area (Å²) in [6.45, 7) is 3.66. The molecule has 0 aliphatic heterocycles. The molecule has 4 nitrogen and oxygen atoms in total. The number of nitrogens with zero attached hydrogens (tertiary/aromatic N) is 1. The Balaban J connectivity index is 1.75. The number of methoxy groups -OCH3 is 1. The highest BCUT2D eigenvalue weighted by Gasteiger charge is 2.28. The lowest BCUT2D eigenvalue weighted by Gasteiger charge is -2.35. The lowest BCUT2D eigenvalue weighted by Crippen LogP contribution is -2.45. The summed E-state index contributed by atoms with van der Waals surface area (Å²) in [5, 5.41) is 3.50. The quantitative estimate of drug-likeness (QED) is 0.817. The molecule has 0 saturated heterocycles. The van der Waals surface area contributed by atoms with Gasteiger partial charge in [-0.15, -0.1) is 0 Å². The first kappa shape index (κ1) is 12.3. The van der Waals surface area contributed by atoms with Crippen molar-refractivity contribution in [2.75, 3.05) is 13.7 Å². The maximum absolute atomic E-state index is 5.53. The molecule has 1 aromatic heterocycles. The van der Waals surface area contributed by atoms with Gasteiger partial charge >= 0.3 is 0 Å². The normalized spacial score (nSPS) is 23.2. The van der Waals surface area contributed by atoms with Gasteiger partial charge in [-0.25, -0.2) is 4.98 Å². The largest absolute Gasteiger partial charge is 0.481 e. The van der Waals surface area contributed by atoms with Crippen LogP contribution in [0.25, 0.3) is 0 Å². The van der Waals surface area contributed by atoms with E-state index in [9.17, 15) is 0 Å². The summed E-state index contributed by atoms with van der Waals surface area (Å²) in [4.78, 5) is 4.18. The fourth-order valence-corrected chi connectivity index (χ4v) is 2.10. The summed E-state index contributed by atoms with van der Waals surface area (Å²) >= 11 is 0. The van der Waals surface area contributed by atoms with E-state index in [-0.39, 0.29) is 0 Å². The van der Waals surface area contributed by atoms with Crippen LogP contribution in [0.3, 0.4) is 0 Å². The first-order valence-electron chi connectivity index (χ1n) is 6.16. The van der Waals surface area contributed by atoms with Gasteiger partial charge in [-0.05, 0) is 25.8 Å². The minimum Gasteiger partial charge on any atom is -0.481 e. The van der Waals surface area contributed by atoms with Crippen molar-refractivity contribution in [2.45, 2.75) is 38.5 Å². The van der Waals surface area contributed by atoms with Crippen LogP contribution in [0.4, 0.5) is 0 Å². The van der Waals surface area contributed by atoms with Crippen molar-refractivity contribution in [3.05, 3.63) is 23.9 Å². The summed E-state index contributed by atoms with van der Waals surface area (Å²) < 4.78 is 10.7. The van der Waals surface area contributed by atoms with E-state index < -0.39 is 0 Å². The van der Waals surface area contributed by atoms with Crippen LogP contribution in [-0.2, 0) is 11.3 Å². The Morgan fingerprint density at radius 2 is 2.29 bits per heavy atom. The number of rotatable bonds is 6. The number of pyridine rings is 1. The Labute approximate surface area is 102 Å². The summed E-state index contributed by atoms with van der Waals surface area (Å²) in [5.74, 6) is 0.709. The van der Waals surface area contributed by atoms with Gasteiger partial charge in [0.2, 0.25) is 5.88 Å². The Kier molecular flexibility index (Phi) is 4.34. The molecule has 0 spiro atoms. The fourth-order valence-electron chi connectivity index (χ4n) is 2.10. The van der Waals surface area contributed by atoms with E-state index in [0.717, 1.165) is 31.6 Å². The Bertz CT molecular complexity index is 351. The van der Waals surface area contributed by atoms with Gasteiger partial charge in [0, 0.05) is 31.0 Å². The van der Waals surface area contributed by atoms with E-state index >= 15 is 0 Å². The molecule has 1 saturated carbocycles. The summed E-state index contributed by atoms with van der Waals surface area (Å²) in [6.07, 6.45) is 4.41. The van der Waals surface area contributed by atoms with Gasteiger partial charge in [0.15, 0.2) is 0 Å². The summed E-state index contributed by atoms with van der Waals surface area (Å²) in [6, 6.07) is 4.54. The molecule has 0 radical (unpaired) electrons. The van der Waals surface area contributed by atoms with Crippen LogP contribution in [0.5, 0.6) is 5.88 Å². The van der Waals surface area contributed by atoms with Gasteiger partial charge in [0.05, 0.1) is 13.2 Å². The molecule has 0 aromatic carbocycles. The monoisotopic (exact) mass is 236 g/mol. The van der Waals surface area contributed by atoms with E-state index in [2.05, 4.69) is 10.3 Å². The topological polar surface area (TPSA) is 43.4 Å². The summed E-state index contributed by atoms with van der Waals surface area (Å²) in [7, 11) is 1.65. The van der Waals surface area contributed by atoms with E-state index in [1.54, 1.807) is 13.3 Å². The third kappa shape index (κ3) is 3.17. The third-order valence-corrected chi connectivity index (χ3v) is 3.12. The third-order valence-electron chi connectivity index (χ3n) is 3.12. The first-order chi connectivity index (χ1) is 8.33. The Hall–Kier alpha value is -1.13. The maximum Gasteiger partial charge on any atom is 0.217 e. The molecule has 1 aliphatic carbocycles. The lowest BCUT2D eigenvalue weighted by molar-refractivity contribution is -0.0102. The highest BCUT2D eigenvalue weighted by Crippen LogP contribution is 2.24. The molecular weight excluding hydrogens is 216 g/mol. The van der Waals surface area contributed by atoms with Crippen molar-refractivity contribution in [3.8, 4) is 5.88 Å². The molecule has 94 valence electrons. The summed E-state index contributed by atoms with van der Waals surface area (Å²) in [5.41, 5.74) is 1.11. The average molecular weight is 236 g/mol. The minimum atomic E-state index is 0.452. The van der Waals surface area contributed by atoms with Crippen molar-refractivity contribution in [3.63, 3.8) is 0 Å². The Morgan fingerprint density at radius 1 is 1.47 bits per heavy atom. The smallest absolute Gasteiger partial charge is 0.217 e. The van der Waals surface area contributed by atoms with E-state index in [1.165, 1.54) is 0 Å². The van der Waals surface area contributed by atoms with Crippen molar-refractivity contribution in [1.29, 1.82) is 0 Å². The predicted molar refractivity (Wildman–Crippen MR) is 66.1 cm³/mol. The minimum absolute atomic E-state index is 0.452. The predicted octanol–water partition coefficient (Wildman–Crippen LogP) is 1.75. The molecule has 2 rings (SSSR count).